The Balaban J connectivity index is 2.19. The highest BCUT2D eigenvalue weighted by Crippen LogP contribution is 2.28. The number of hydrogen-bond acceptors (Lipinski definition) is 3. The molecule has 0 saturated carbocycles. The van der Waals surface area contributed by atoms with Crippen molar-refractivity contribution in [2.75, 3.05) is 12.4 Å². The summed E-state index contributed by atoms with van der Waals surface area (Å²) in [6, 6.07) is 15.6. The smallest absolute Gasteiger partial charge is 0.163 e. The van der Waals surface area contributed by atoms with Crippen molar-refractivity contribution in [2.24, 2.45) is 0 Å². The van der Waals surface area contributed by atoms with E-state index in [1.807, 2.05) is 76.2 Å². The van der Waals surface area contributed by atoms with Gasteiger partial charge in [-0.25, -0.2) is 0 Å². The van der Waals surface area contributed by atoms with Crippen molar-refractivity contribution in [1.29, 1.82) is 0 Å². The van der Waals surface area contributed by atoms with Gasteiger partial charge in [-0.3, -0.25) is 9.00 Å². The lowest BCUT2D eigenvalue weighted by molar-refractivity contribution is 0.0976. The predicted molar refractivity (Wildman–Crippen MR) is 122 cm³/mol. The summed E-state index contributed by atoms with van der Waals surface area (Å²) in [6.45, 7) is 10.8. The van der Waals surface area contributed by atoms with Crippen LogP contribution in [0.1, 0.15) is 74.4 Å². The molecule has 29 heavy (non-hydrogen) atoms. The summed E-state index contributed by atoms with van der Waals surface area (Å²) in [5.41, 5.74) is 2.87. The number of unbranched alkanes of at least 4 members (excludes halogenated alkanes) is 1. The molecule has 0 amide bonds. The first-order valence-electron chi connectivity index (χ1n) is 10.4. The zero-order chi connectivity index (χ0) is 21.4. The van der Waals surface area contributed by atoms with Gasteiger partial charge in [-0.15, -0.1) is 0 Å². The molecule has 1 unspecified atom stereocenters. The third-order valence-corrected chi connectivity index (χ3v) is 7.03. The lowest BCUT2D eigenvalue weighted by Crippen LogP contribution is -2.27. The molecule has 0 bridgehead atoms. The van der Waals surface area contributed by atoms with Crippen LogP contribution in [0, 0.1) is 6.92 Å². The SMILES string of the molecule is CCCCOc1ccc([C@@H](CC(=O)c2ccc(C)cc2)CS(=O)C(C)(C)C)cc1. The Morgan fingerprint density at radius 3 is 2.21 bits per heavy atom. The van der Waals surface area contributed by atoms with Gasteiger partial charge < -0.3 is 4.74 Å². The number of ether oxygens (including phenoxy) is 1. The van der Waals surface area contributed by atoms with Gasteiger partial charge in [0.25, 0.3) is 0 Å². The second kappa shape index (κ2) is 10.7. The van der Waals surface area contributed by atoms with Crippen molar-refractivity contribution in [1.82, 2.24) is 0 Å². The van der Waals surface area contributed by atoms with Crippen molar-refractivity contribution >= 4 is 16.6 Å². The molecule has 0 heterocycles. The summed E-state index contributed by atoms with van der Waals surface area (Å²) in [5.74, 6) is 1.30. The first-order valence-corrected chi connectivity index (χ1v) is 11.7. The highest BCUT2D eigenvalue weighted by molar-refractivity contribution is 7.86. The lowest BCUT2D eigenvalue weighted by atomic mass is 9.93. The summed E-state index contributed by atoms with van der Waals surface area (Å²) < 4.78 is 18.3. The molecule has 0 aliphatic rings. The van der Waals surface area contributed by atoms with Gasteiger partial charge >= 0.3 is 0 Å². The number of carbonyl (C=O) groups is 1. The zero-order valence-electron chi connectivity index (χ0n) is 18.4. The van der Waals surface area contributed by atoms with Crippen molar-refractivity contribution in [3.63, 3.8) is 0 Å². The summed E-state index contributed by atoms with van der Waals surface area (Å²) in [4.78, 5) is 12.9. The van der Waals surface area contributed by atoms with Gasteiger partial charge in [0.1, 0.15) is 5.75 Å². The Hall–Kier alpha value is -1.94. The molecule has 2 atom stereocenters. The lowest BCUT2D eigenvalue weighted by Gasteiger charge is -2.23. The van der Waals surface area contributed by atoms with Crippen LogP contribution >= 0.6 is 0 Å². The molecule has 2 aromatic rings. The third-order valence-electron chi connectivity index (χ3n) is 4.96. The molecule has 2 aromatic carbocycles. The van der Waals surface area contributed by atoms with Gasteiger partial charge in [-0.05, 0) is 51.8 Å². The van der Waals surface area contributed by atoms with E-state index in [1.54, 1.807) is 0 Å². The Morgan fingerprint density at radius 1 is 1.03 bits per heavy atom. The highest BCUT2D eigenvalue weighted by atomic mass is 32.2. The maximum atomic E-state index is 12.9. The predicted octanol–water partition coefficient (Wildman–Crippen LogP) is 6.08. The first-order chi connectivity index (χ1) is 13.7. The van der Waals surface area contributed by atoms with Gasteiger partial charge in [-0.2, -0.15) is 0 Å². The van der Waals surface area contributed by atoms with Crippen molar-refractivity contribution in [3.05, 3.63) is 65.2 Å². The fourth-order valence-electron chi connectivity index (χ4n) is 2.96. The molecule has 0 aliphatic carbocycles. The number of carbonyl (C=O) groups excluding carboxylic acids is 1. The minimum Gasteiger partial charge on any atom is -0.494 e. The van der Waals surface area contributed by atoms with Crippen molar-refractivity contribution in [3.8, 4) is 5.75 Å². The number of ketones is 1. The Morgan fingerprint density at radius 2 is 1.66 bits per heavy atom. The van der Waals surface area contributed by atoms with E-state index in [9.17, 15) is 9.00 Å². The summed E-state index contributed by atoms with van der Waals surface area (Å²) in [5, 5.41) is 0. The van der Waals surface area contributed by atoms with Crippen LogP contribution in [0.2, 0.25) is 0 Å². The van der Waals surface area contributed by atoms with E-state index in [0.717, 1.165) is 29.7 Å². The Labute approximate surface area is 178 Å². The monoisotopic (exact) mass is 414 g/mol. The largest absolute Gasteiger partial charge is 0.494 e. The van der Waals surface area contributed by atoms with Gasteiger partial charge in [0, 0.05) is 39.2 Å². The molecular formula is C25H34O3S. The molecular weight excluding hydrogens is 380 g/mol. The molecule has 0 radical (unpaired) electrons. The number of rotatable bonds is 10. The molecule has 3 nitrogen and oxygen atoms in total. The van der Waals surface area contributed by atoms with Gasteiger partial charge in [0.05, 0.1) is 6.61 Å². The van der Waals surface area contributed by atoms with E-state index in [1.165, 1.54) is 0 Å². The van der Waals surface area contributed by atoms with Crippen LogP contribution in [-0.2, 0) is 10.8 Å². The molecule has 0 aromatic heterocycles. The van der Waals surface area contributed by atoms with Gasteiger partial charge in [0.2, 0.25) is 0 Å². The van der Waals surface area contributed by atoms with Crippen LogP contribution in [-0.4, -0.2) is 27.1 Å². The van der Waals surface area contributed by atoms with Crippen LogP contribution in [0.4, 0.5) is 0 Å². The molecule has 4 heteroatoms. The van der Waals surface area contributed by atoms with Crippen LogP contribution in [0.25, 0.3) is 0 Å². The van der Waals surface area contributed by atoms with Crippen molar-refractivity contribution in [2.45, 2.75) is 64.5 Å². The maximum Gasteiger partial charge on any atom is 0.163 e. The van der Waals surface area contributed by atoms with Crippen LogP contribution in [0.5, 0.6) is 5.75 Å². The third kappa shape index (κ3) is 7.43. The zero-order valence-corrected chi connectivity index (χ0v) is 19.2. The quantitative estimate of drug-likeness (QED) is 0.350. The Kier molecular flexibility index (Phi) is 8.63. The number of aryl methyl sites for hydroxylation is 1. The molecule has 0 aliphatic heterocycles. The second-order valence-electron chi connectivity index (χ2n) is 8.59. The summed E-state index contributed by atoms with van der Waals surface area (Å²) in [6.07, 6.45) is 2.47. The summed E-state index contributed by atoms with van der Waals surface area (Å²) in [7, 11) is -1.04. The van der Waals surface area contributed by atoms with Gasteiger partial charge in [-0.1, -0.05) is 55.3 Å². The second-order valence-corrected chi connectivity index (χ2v) is 10.8. The number of benzene rings is 2. The van der Waals surface area contributed by atoms with Crippen molar-refractivity contribution < 1.29 is 13.7 Å². The minimum absolute atomic E-state index is 0.0872. The van der Waals surface area contributed by atoms with Crippen LogP contribution in [0.15, 0.2) is 48.5 Å². The molecule has 0 saturated heterocycles. The fraction of sp³-hybridized carbons (Fsp3) is 0.480. The van der Waals surface area contributed by atoms with E-state index in [-0.39, 0.29) is 16.4 Å². The van der Waals surface area contributed by atoms with E-state index in [0.29, 0.717) is 24.3 Å². The average Bonchev–Trinajstić information content (AvgIpc) is 2.68. The van der Waals surface area contributed by atoms with Gasteiger partial charge in [0.15, 0.2) is 5.78 Å². The minimum atomic E-state index is -1.04. The topological polar surface area (TPSA) is 43.4 Å². The molecule has 0 spiro atoms. The normalized spacial score (nSPS) is 13.7. The first kappa shape index (κ1) is 23.3. The average molecular weight is 415 g/mol. The standard InChI is InChI=1S/C25H34O3S/c1-6-7-16-28-23-14-12-20(13-15-23)22(18-29(27)25(3,4)5)17-24(26)21-10-8-19(2)9-11-21/h8-15,22H,6-7,16-18H2,1-5H3/t22-,29?/m0/s1. The highest BCUT2D eigenvalue weighted by Gasteiger charge is 2.26. The maximum absolute atomic E-state index is 12.9. The van der Waals surface area contributed by atoms with E-state index < -0.39 is 10.8 Å². The molecule has 0 fully saturated rings. The van der Waals surface area contributed by atoms with E-state index >= 15 is 0 Å². The fourth-order valence-corrected chi connectivity index (χ4v) is 4.13. The molecule has 0 N–H and O–H groups in total. The number of hydrogen-bond donors (Lipinski definition) is 0. The molecule has 158 valence electrons. The van der Waals surface area contributed by atoms with Crippen LogP contribution in [0.3, 0.4) is 0 Å². The van der Waals surface area contributed by atoms with Crippen LogP contribution < -0.4 is 4.74 Å². The Bertz CT molecular complexity index is 801. The summed E-state index contributed by atoms with van der Waals surface area (Å²) >= 11 is 0. The molecule has 2 rings (SSSR count). The van der Waals surface area contributed by atoms with E-state index in [2.05, 4.69) is 6.92 Å². The van der Waals surface area contributed by atoms with E-state index in [4.69, 9.17) is 4.74 Å². The number of Topliss-reactive ketones (excluding diaryl/α,β-unsaturated/α-hetero) is 1.